The Bertz CT molecular complexity index is 331. The molecule has 1 aliphatic rings. The van der Waals surface area contributed by atoms with Crippen LogP contribution in [-0.2, 0) is 9.59 Å². The van der Waals surface area contributed by atoms with Gasteiger partial charge in [-0.15, -0.1) is 0 Å². The van der Waals surface area contributed by atoms with Crippen LogP contribution in [0.25, 0.3) is 0 Å². The Labute approximate surface area is 122 Å². The minimum Gasteiger partial charge on any atom is -0.356 e. The number of amides is 2. The minimum absolute atomic E-state index is 0.0386. The number of nitrogens with one attached hydrogen (secondary N) is 2. The van der Waals surface area contributed by atoms with Crippen molar-refractivity contribution < 1.29 is 9.59 Å². The Morgan fingerprint density at radius 3 is 2.40 bits per heavy atom. The fourth-order valence-corrected chi connectivity index (χ4v) is 2.28. The molecule has 0 aromatic carbocycles. The van der Waals surface area contributed by atoms with E-state index in [2.05, 4.69) is 10.6 Å². The van der Waals surface area contributed by atoms with Crippen LogP contribution in [0.15, 0.2) is 0 Å². The van der Waals surface area contributed by atoms with Gasteiger partial charge < -0.3 is 15.5 Å². The van der Waals surface area contributed by atoms with Crippen molar-refractivity contribution >= 4 is 11.8 Å². The third-order valence-corrected chi connectivity index (χ3v) is 3.78. The maximum Gasteiger partial charge on any atom is 0.225 e. The van der Waals surface area contributed by atoms with E-state index in [9.17, 15) is 9.59 Å². The molecule has 0 radical (unpaired) electrons. The molecule has 2 N–H and O–H groups in total. The van der Waals surface area contributed by atoms with Crippen molar-refractivity contribution in [2.75, 3.05) is 26.7 Å². The van der Waals surface area contributed by atoms with Gasteiger partial charge in [0.05, 0.1) is 0 Å². The van der Waals surface area contributed by atoms with E-state index in [1.54, 1.807) is 0 Å². The molecule has 1 heterocycles. The molecule has 1 rings (SSSR count). The number of hydrogen-bond acceptors (Lipinski definition) is 3. The van der Waals surface area contributed by atoms with Crippen LogP contribution in [-0.4, -0.2) is 49.4 Å². The summed E-state index contributed by atoms with van der Waals surface area (Å²) in [5, 5.41) is 6.18. The number of hydrogen-bond donors (Lipinski definition) is 2. The molecular weight excluding hydrogens is 254 g/mol. The van der Waals surface area contributed by atoms with Crippen LogP contribution in [0.2, 0.25) is 0 Å². The van der Waals surface area contributed by atoms with Crippen molar-refractivity contribution in [3.05, 3.63) is 0 Å². The third kappa shape index (κ3) is 5.49. The van der Waals surface area contributed by atoms with Gasteiger partial charge in [-0.05, 0) is 32.4 Å². The molecule has 0 aliphatic carbocycles. The summed E-state index contributed by atoms with van der Waals surface area (Å²) in [6.45, 7) is 8.21. The second-order valence-electron chi connectivity index (χ2n) is 6.60. The molecule has 0 bridgehead atoms. The molecule has 1 aliphatic heterocycles. The zero-order valence-corrected chi connectivity index (χ0v) is 13.3. The Hall–Kier alpha value is -1.10. The van der Waals surface area contributed by atoms with Gasteiger partial charge in [0.2, 0.25) is 11.8 Å². The molecule has 1 fully saturated rings. The first-order chi connectivity index (χ1) is 9.32. The van der Waals surface area contributed by atoms with Gasteiger partial charge in [0, 0.05) is 31.5 Å². The molecule has 1 saturated heterocycles. The molecule has 0 atom stereocenters. The van der Waals surface area contributed by atoms with Crippen LogP contribution in [0.5, 0.6) is 0 Å². The van der Waals surface area contributed by atoms with Gasteiger partial charge in [0.25, 0.3) is 0 Å². The molecule has 0 aromatic rings. The number of carbonyl (C=O) groups is 2. The van der Waals surface area contributed by atoms with Gasteiger partial charge in [-0.1, -0.05) is 20.8 Å². The first kappa shape index (κ1) is 17.0. The summed E-state index contributed by atoms with van der Waals surface area (Å²) < 4.78 is 0. The summed E-state index contributed by atoms with van der Waals surface area (Å²) in [6, 6.07) is 0.368. The van der Waals surface area contributed by atoms with E-state index in [1.165, 1.54) is 0 Å². The largest absolute Gasteiger partial charge is 0.356 e. The SMILES string of the molecule is CN(C(=O)CCCNC(=O)C(C)(C)C)C1CCNCC1. The van der Waals surface area contributed by atoms with Crippen molar-refractivity contribution in [2.24, 2.45) is 5.41 Å². The number of nitrogens with zero attached hydrogens (tertiary/aromatic N) is 1. The summed E-state index contributed by atoms with van der Waals surface area (Å²) in [5.41, 5.74) is -0.365. The van der Waals surface area contributed by atoms with E-state index >= 15 is 0 Å². The fraction of sp³-hybridized carbons (Fsp3) is 0.867. The van der Waals surface area contributed by atoms with Gasteiger partial charge in [0.1, 0.15) is 0 Å². The first-order valence-electron chi connectivity index (χ1n) is 7.57. The van der Waals surface area contributed by atoms with Crippen molar-refractivity contribution in [1.29, 1.82) is 0 Å². The maximum atomic E-state index is 12.1. The first-order valence-corrected chi connectivity index (χ1v) is 7.57. The summed E-state index contributed by atoms with van der Waals surface area (Å²) >= 11 is 0. The van der Waals surface area contributed by atoms with Crippen LogP contribution < -0.4 is 10.6 Å². The molecule has 5 heteroatoms. The highest BCUT2D eigenvalue weighted by Crippen LogP contribution is 2.13. The molecule has 5 nitrogen and oxygen atoms in total. The summed E-state index contributed by atoms with van der Waals surface area (Å²) in [6.07, 6.45) is 3.27. The van der Waals surface area contributed by atoms with Crippen LogP contribution in [0.4, 0.5) is 0 Å². The zero-order chi connectivity index (χ0) is 15.2. The van der Waals surface area contributed by atoms with Crippen molar-refractivity contribution in [1.82, 2.24) is 15.5 Å². The van der Waals surface area contributed by atoms with E-state index in [4.69, 9.17) is 0 Å². The highest BCUT2D eigenvalue weighted by molar-refractivity contribution is 5.81. The van der Waals surface area contributed by atoms with Gasteiger partial charge in [-0.3, -0.25) is 9.59 Å². The van der Waals surface area contributed by atoms with Crippen LogP contribution >= 0.6 is 0 Å². The third-order valence-electron chi connectivity index (χ3n) is 3.78. The predicted octanol–water partition coefficient (Wildman–Crippen LogP) is 1.14. The predicted molar refractivity (Wildman–Crippen MR) is 80.4 cm³/mol. The molecule has 0 aromatic heterocycles. The summed E-state index contributed by atoms with van der Waals surface area (Å²) in [4.78, 5) is 25.6. The normalized spacial score (nSPS) is 16.8. The second-order valence-corrected chi connectivity index (χ2v) is 6.60. The fourth-order valence-electron chi connectivity index (χ4n) is 2.28. The number of rotatable bonds is 5. The lowest BCUT2D eigenvalue weighted by molar-refractivity contribution is -0.133. The monoisotopic (exact) mass is 283 g/mol. The van der Waals surface area contributed by atoms with Crippen LogP contribution in [0.1, 0.15) is 46.5 Å². The quantitative estimate of drug-likeness (QED) is 0.744. The summed E-state index contributed by atoms with van der Waals surface area (Å²) in [5.74, 6) is 0.221. The maximum absolute atomic E-state index is 12.1. The van der Waals surface area contributed by atoms with E-state index in [0.29, 0.717) is 25.4 Å². The lowest BCUT2D eigenvalue weighted by Gasteiger charge is -2.31. The average molecular weight is 283 g/mol. The van der Waals surface area contributed by atoms with Gasteiger partial charge in [-0.2, -0.15) is 0 Å². The van der Waals surface area contributed by atoms with Crippen molar-refractivity contribution in [3.8, 4) is 0 Å². The molecule has 0 saturated carbocycles. The summed E-state index contributed by atoms with van der Waals surface area (Å²) in [7, 11) is 1.89. The Morgan fingerprint density at radius 1 is 1.25 bits per heavy atom. The van der Waals surface area contributed by atoms with Crippen molar-refractivity contribution in [2.45, 2.75) is 52.5 Å². The van der Waals surface area contributed by atoms with E-state index in [0.717, 1.165) is 25.9 Å². The molecular formula is C15H29N3O2. The van der Waals surface area contributed by atoms with Crippen molar-refractivity contribution in [3.63, 3.8) is 0 Å². The molecule has 2 amide bonds. The standard InChI is InChI=1S/C15H29N3O2/c1-15(2,3)14(20)17-9-5-6-13(19)18(4)12-7-10-16-11-8-12/h12,16H,5-11H2,1-4H3,(H,17,20). The van der Waals surface area contributed by atoms with Gasteiger partial charge in [0.15, 0.2) is 0 Å². The molecule has 0 spiro atoms. The van der Waals surface area contributed by atoms with E-state index in [-0.39, 0.29) is 17.2 Å². The van der Waals surface area contributed by atoms with Crippen LogP contribution in [0, 0.1) is 5.41 Å². The van der Waals surface area contributed by atoms with Crippen LogP contribution in [0.3, 0.4) is 0 Å². The minimum atomic E-state index is -0.365. The Balaban J connectivity index is 2.21. The Kier molecular flexibility index (Phi) is 6.46. The van der Waals surface area contributed by atoms with Gasteiger partial charge >= 0.3 is 0 Å². The topological polar surface area (TPSA) is 61.4 Å². The second kappa shape index (κ2) is 7.62. The Morgan fingerprint density at radius 2 is 1.85 bits per heavy atom. The smallest absolute Gasteiger partial charge is 0.225 e. The average Bonchev–Trinajstić information content (AvgIpc) is 2.42. The highest BCUT2D eigenvalue weighted by atomic mass is 16.2. The lowest BCUT2D eigenvalue weighted by atomic mass is 9.96. The molecule has 116 valence electrons. The number of carbonyl (C=O) groups excluding carboxylic acids is 2. The number of piperidine rings is 1. The molecule has 0 unspecified atom stereocenters. The van der Waals surface area contributed by atoms with E-state index < -0.39 is 0 Å². The van der Waals surface area contributed by atoms with E-state index in [1.807, 2.05) is 32.7 Å². The molecule has 20 heavy (non-hydrogen) atoms. The highest BCUT2D eigenvalue weighted by Gasteiger charge is 2.22. The zero-order valence-electron chi connectivity index (χ0n) is 13.3. The lowest BCUT2D eigenvalue weighted by Crippen LogP contribution is -2.44. The van der Waals surface area contributed by atoms with Gasteiger partial charge in [-0.25, -0.2) is 0 Å².